The maximum atomic E-state index is 13.0. The summed E-state index contributed by atoms with van der Waals surface area (Å²) in [6, 6.07) is 14.5. The molecule has 0 radical (unpaired) electrons. The molecule has 2 aromatic carbocycles. The highest BCUT2D eigenvalue weighted by atomic mass is 35.5. The van der Waals surface area contributed by atoms with E-state index >= 15 is 0 Å². The molecule has 30 heavy (non-hydrogen) atoms. The summed E-state index contributed by atoms with van der Waals surface area (Å²) in [7, 11) is -2.54. The molecule has 0 N–H and O–H groups in total. The second-order valence-electron chi connectivity index (χ2n) is 6.99. The third kappa shape index (κ3) is 5.06. The van der Waals surface area contributed by atoms with Crippen LogP contribution in [0.4, 0.5) is 5.69 Å². The lowest BCUT2D eigenvalue weighted by atomic mass is 10.2. The Balaban J connectivity index is 1.65. The van der Waals surface area contributed by atoms with Crippen molar-refractivity contribution in [2.24, 2.45) is 0 Å². The number of benzene rings is 2. The number of carbonyl (C=O) groups is 1. The number of nitrogens with zero attached hydrogens (tertiary/aromatic N) is 3. The van der Waals surface area contributed by atoms with Gasteiger partial charge < -0.3 is 14.5 Å². The summed E-state index contributed by atoms with van der Waals surface area (Å²) in [6.45, 7) is 4.34. The Bertz CT molecular complexity index is 977. The summed E-state index contributed by atoms with van der Waals surface area (Å²) in [5.41, 5.74) is 1.12. The number of hydrogen-bond acceptors (Lipinski definition) is 5. The maximum absolute atomic E-state index is 13.0. The Morgan fingerprint density at radius 1 is 1.10 bits per heavy atom. The van der Waals surface area contributed by atoms with Crippen LogP contribution in [0.2, 0.25) is 5.02 Å². The highest BCUT2D eigenvalue weighted by Crippen LogP contribution is 2.29. The van der Waals surface area contributed by atoms with E-state index in [1.165, 1.54) is 19.2 Å². The summed E-state index contributed by atoms with van der Waals surface area (Å²) in [5.74, 6) is -0.00792. The standard InChI is InChI=1S/C21H26ClN3O4S/c1-3-29-19-10-9-17(22)15-20(19)30(27,28)23(2)16-21(26)25-13-11-24(12-14-25)18-7-5-4-6-8-18/h4-10,15H,3,11-14,16H2,1-2H3. The Morgan fingerprint density at radius 3 is 2.40 bits per heavy atom. The van der Waals surface area contributed by atoms with Gasteiger partial charge in [0.25, 0.3) is 0 Å². The van der Waals surface area contributed by atoms with Gasteiger partial charge in [0.15, 0.2) is 0 Å². The van der Waals surface area contributed by atoms with Gasteiger partial charge in [0.05, 0.1) is 13.2 Å². The van der Waals surface area contributed by atoms with E-state index in [9.17, 15) is 13.2 Å². The molecule has 0 aliphatic carbocycles. The summed E-state index contributed by atoms with van der Waals surface area (Å²) in [4.78, 5) is 16.6. The van der Waals surface area contributed by atoms with Crippen LogP contribution in [0, 0.1) is 0 Å². The number of sulfonamides is 1. The van der Waals surface area contributed by atoms with Gasteiger partial charge in [0.2, 0.25) is 15.9 Å². The van der Waals surface area contributed by atoms with E-state index in [0.29, 0.717) is 32.8 Å². The fraction of sp³-hybridized carbons (Fsp3) is 0.381. The predicted molar refractivity (Wildman–Crippen MR) is 118 cm³/mol. The Labute approximate surface area is 182 Å². The van der Waals surface area contributed by atoms with Crippen LogP contribution in [0.3, 0.4) is 0 Å². The molecule has 0 unspecified atom stereocenters. The normalized spacial score (nSPS) is 14.8. The summed E-state index contributed by atoms with van der Waals surface area (Å²) in [5, 5.41) is 0.286. The highest BCUT2D eigenvalue weighted by molar-refractivity contribution is 7.89. The van der Waals surface area contributed by atoms with Crippen molar-refractivity contribution < 1.29 is 17.9 Å². The molecule has 1 amide bonds. The molecule has 3 rings (SSSR count). The van der Waals surface area contributed by atoms with Crippen LogP contribution >= 0.6 is 11.6 Å². The van der Waals surface area contributed by atoms with Crippen molar-refractivity contribution in [1.29, 1.82) is 0 Å². The molecule has 1 aliphatic rings. The molecule has 2 aromatic rings. The van der Waals surface area contributed by atoms with Crippen molar-refractivity contribution in [2.75, 3.05) is 51.3 Å². The quantitative estimate of drug-likeness (QED) is 0.647. The van der Waals surface area contributed by atoms with Crippen LogP contribution in [0.25, 0.3) is 0 Å². The molecule has 162 valence electrons. The van der Waals surface area contributed by atoms with E-state index in [1.54, 1.807) is 17.9 Å². The van der Waals surface area contributed by atoms with Gasteiger partial charge in [-0.3, -0.25) is 4.79 Å². The number of anilines is 1. The average molecular weight is 452 g/mol. The van der Waals surface area contributed by atoms with Crippen molar-refractivity contribution in [1.82, 2.24) is 9.21 Å². The van der Waals surface area contributed by atoms with E-state index in [-0.39, 0.29) is 28.1 Å². The number of amides is 1. The van der Waals surface area contributed by atoms with Crippen molar-refractivity contribution >= 4 is 33.2 Å². The lowest BCUT2D eigenvalue weighted by molar-refractivity contribution is -0.131. The minimum atomic E-state index is -3.94. The van der Waals surface area contributed by atoms with Crippen LogP contribution in [0.5, 0.6) is 5.75 Å². The fourth-order valence-corrected chi connectivity index (χ4v) is 4.86. The number of ether oxygens (including phenoxy) is 1. The third-order valence-electron chi connectivity index (χ3n) is 5.01. The van der Waals surface area contributed by atoms with Crippen LogP contribution in [-0.2, 0) is 14.8 Å². The number of piperazine rings is 1. The Hall–Kier alpha value is -2.29. The molecule has 0 saturated carbocycles. The first-order chi connectivity index (χ1) is 14.3. The van der Waals surface area contributed by atoms with Gasteiger partial charge >= 0.3 is 0 Å². The number of likely N-dealkylation sites (N-methyl/N-ethyl adjacent to an activating group) is 1. The van der Waals surface area contributed by atoms with Crippen LogP contribution in [0.1, 0.15) is 6.92 Å². The van der Waals surface area contributed by atoms with Gasteiger partial charge in [-0.2, -0.15) is 4.31 Å². The zero-order valence-electron chi connectivity index (χ0n) is 17.1. The smallest absolute Gasteiger partial charge is 0.247 e. The third-order valence-corrected chi connectivity index (χ3v) is 7.07. The molecular formula is C21H26ClN3O4S. The molecule has 1 aliphatic heterocycles. The number of rotatable bonds is 7. The average Bonchev–Trinajstić information content (AvgIpc) is 2.75. The van der Waals surface area contributed by atoms with Crippen LogP contribution < -0.4 is 9.64 Å². The molecule has 1 saturated heterocycles. The van der Waals surface area contributed by atoms with Crippen molar-refractivity contribution in [2.45, 2.75) is 11.8 Å². The summed E-state index contributed by atoms with van der Waals surface area (Å²) < 4.78 is 32.6. The van der Waals surface area contributed by atoms with E-state index in [2.05, 4.69) is 4.90 Å². The second-order valence-corrected chi connectivity index (χ2v) is 9.44. The van der Waals surface area contributed by atoms with Crippen molar-refractivity contribution in [3.8, 4) is 5.75 Å². The van der Waals surface area contributed by atoms with E-state index < -0.39 is 10.0 Å². The molecular weight excluding hydrogens is 426 g/mol. The van der Waals surface area contributed by atoms with Gasteiger partial charge in [-0.15, -0.1) is 0 Å². The SMILES string of the molecule is CCOc1ccc(Cl)cc1S(=O)(=O)N(C)CC(=O)N1CCN(c2ccccc2)CC1. The summed E-state index contributed by atoms with van der Waals surface area (Å²) >= 11 is 6.00. The highest BCUT2D eigenvalue weighted by Gasteiger charge is 2.29. The lowest BCUT2D eigenvalue weighted by Crippen LogP contribution is -2.51. The van der Waals surface area contributed by atoms with Gasteiger partial charge in [0.1, 0.15) is 10.6 Å². The molecule has 0 bridgehead atoms. The number of para-hydroxylation sites is 1. The number of carbonyl (C=O) groups excluding carboxylic acids is 1. The largest absolute Gasteiger partial charge is 0.492 e. The van der Waals surface area contributed by atoms with Crippen LogP contribution in [0.15, 0.2) is 53.4 Å². The molecule has 0 atom stereocenters. The van der Waals surface area contributed by atoms with Gasteiger partial charge in [-0.25, -0.2) is 8.42 Å². The van der Waals surface area contributed by atoms with Crippen molar-refractivity contribution in [3.05, 3.63) is 53.6 Å². The van der Waals surface area contributed by atoms with Gasteiger partial charge in [0, 0.05) is 43.9 Å². The van der Waals surface area contributed by atoms with E-state index in [4.69, 9.17) is 16.3 Å². The van der Waals surface area contributed by atoms with E-state index in [1.807, 2.05) is 30.3 Å². The lowest BCUT2D eigenvalue weighted by Gasteiger charge is -2.36. The first-order valence-electron chi connectivity index (χ1n) is 9.79. The Morgan fingerprint density at radius 2 is 1.77 bits per heavy atom. The minimum absolute atomic E-state index is 0.0407. The number of halogens is 1. The van der Waals surface area contributed by atoms with Crippen LogP contribution in [-0.4, -0.2) is 69.9 Å². The maximum Gasteiger partial charge on any atom is 0.247 e. The van der Waals surface area contributed by atoms with Gasteiger partial charge in [-0.1, -0.05) is 29.8 Å². The first-order valence-corrected chi connectivity index (χ1v) is 11.6. The van der Waals surface area contributed by atoms with E-state index in [0.717, 1.165) is 9.99 Å². The van der Waals surface area contributed by atoms with Gasteiger partial charge in [-0.05, 0) is 37.3 Å². The molecule has 1 heterocycles. The molecule has 0 spiro atoms. The molecule has 9 heteroatoms. The van der Waals surface area contributed by atoms with Crippen molar-refractivity contribution in [3.63, 3.8) is 0 Å². The molecule has 0 aromatic heterocycles. The topological polar surface area (TPSA) is 70.2 Å². The Kier molecular flexibility index (Phi) is 7.23. The molecule has 7 nitrogen and oxygen atoms in total. The second kappa shape index (κ2) is 9.68. The summed E-state index contributed by atoms with van der Waals surface area (Å²) in [6.07, 6.45) is 0. The minimum Gasteiger partial charge on any atom is -0.492 e. The fourth-order valence-electron chi connectivity index (χ4n) is 3.35. The number of hydrogen-bond donors (Lipinski definition) is 0. The zero-order chi connectivity index (χ0) is 21.7. The monoisotopic (exact) mass is 451 g/mol. The predicted octanol–water partition coefficient (Wildman–Crippen LogP) is 2.71. The zero-order valence-corrected chi connectivity index (χ0v) is 18.7. The first kappa shape index (κ1) is 22.4. The molecule has 1 fully saturated rings.